The van der Waals surface area contributed by atoms with Crippen LogP contribution in [0.25, 0.3) is 0 Å². The van der Waals surface area contributed by atoms with Gasteiger partial charge in [0.1, 0.15) is 0 Å². The lowest BCUT2D eigenvalue weighted by Gasteiger charge is -2.11. The van der Waals surface area contributed by atoms with Gasteiger partial charge in [0, 0.05) is 31.5 Å². The molecule has 2 aromatic rings. The van der Waals surface area contributed by atoms with E-state index in [0.717, 1.165) is 5.56 Å². The summed E-state index contributed by atoms with van der Waals surface area (Å²) in [5.41, 5.74) is 13.3. The maximum absolute atomic E-state index is 11.9. The largest absolute Gasteiger partial charge is 0.329 e. The zero-order valence-electron chi connectivity index (χ0n) is 10.7. The summed E-state index contributed by atoms with van der Waals surface area (Å²) in [6.07, 6.45) is 1.72. The minimum absolute atomic E-state index is 0.230. The Balaban J connectivity index is 2.13. The zero-order valence-corrected chi connectivity index (χ0v) is 10.7. The normalized spacial score (nSPS) is 12.2. The van der Waals surface area contributed by atoms with Crippen molar-refractivity contribution in [1.29, 1.82) is 0 Å². The number of carbonyl (C=O) groups excluding carboxylic acids is 1. The minimum Gasteiger partial charge on any atom is -0.329 e. The Bertz CT molecular complexity index is 578. The molecule has 100 valence electrons. The van der Waals surface area contributed by atoms with Crippen molar-refractivity contribution in [3.8, 4) is 0 Å². The van der Waals surface area contributed by atoms with Gasteiger partial charge >= 0.3 is 0 Å². The van der Waals surface area contributed by atoms with E-state index in [2.05, 4.69) is 10.4 Å². The lowest BCUT2D eigenvalue weighted by atomic mass is 10.1. The number of aryl methyl sites for hydroxylation is 1. The first-order valence-electron chi connectivity index (χ1n) is 5.97. The Kier molecular flexibility index (Phi) is 3.94. The molecule has 0 radical (unpaired) electrons. The van der Waals surface area contributed by atoms with E-state index >= 15 is 0 Å². The molecule has 1 atom stereocenters. The predicted molar refractivity (Wildman–Crippen MR) is 73.6 cm³/mol. The van der Waals surface area contributed by atoms with Gasteiger partial charge in [0.05, 0.1) is 0 Å². The Morgan fingerprint density at radius 2 is 2.26 bits per heavy atom. The van der Waals surface area contributed by atoms with E-state index in [4.69, 9.17) is 11.5 Å². The molecule has 0 saturated carbocycles. The van der Waals surface area contributed by atoms with E-state index in [1.54, 1.807) is 30.1 Å². The lowest BCUT2D eigenvalue weighted by Crippen LogP contribution is -2.21. The van der Waals surface area contributed by atoms with Gasteiger partial charge < -0.3 is 16.8 Å². The molecule has 6 nitrogen and oxygen atoms in total. The van der Waals surface area contributed by atoms with Gasteiger partial charge in [-0.1, -0.05) is 12.1 Å². The highest BCUT2D eigenvalue weighted by molar-refractivity contribution is 6.02. The smallest absolute Gasteiger partial charge is 0.276 e. The van der Waals surface area contributed by atoms with Gasteiger partial charge in [-0.3, -0.25) is 9.48 Å². The Morgan fingerprint density at radius 3 is 2.89 bits per heavy atom. The first-order chi connectivity index (χ1) is 9.10. The van der Waals surface area contributed by atoms with Crippen molar-refractivity contribution in [1.82, 2.24) is 9.78 Å². The molecule has 0 aliphatic heterocycles. The van der Waals surface area contributed by atoms with Gasteiger partial charge in [-0.15, -0.1) is 0 Å². The molecule has 5 N–H and O–H groups in total. The molecule has 0 aliphatic rings. The summed E-state index contributed by atoms with van der Waals surface area (Å²) >= 11 is 0. The SMILES string of the molecule is Cn1ccc(C(=O)Nc2cccc([C@H](N)CN)c2)n1. The molecule has 19 heavy (non-hydrogen) atoms. The molecule has 6 heteroatoms. The molecule has 0 bridgehead atoms. The Hall–Kier alpha value is -2.18. The maximum atomic E-state index is 11.9. The zero-order chi connectivity index (χ0) is 13.8. The van der Waals surface area contributed by atoms with Crippen molar-refractivity contribution in [3.63, 3.8) is 0 Å². The third-order valence-corrected chi connectivity index (χ3v) is 2.77. The van der Waals surface area contributed by atoms with E-state index in [1.165, 1.54) is 0 Å². The van der Waals surface area contributed by atoms with Crippen molar-refractivity contribution >= 4 is 11.6 Å². The third kappa shape index (κ3) is 3.18. The van der Waals surface area contributed by atoms with Crippen LogP contribution in [0, 0.1) is 0 Å². The second-order valence-electron chi connectivity index (χ2n) is 4.30. The Labute approximate surface area is 111 Å². The molecule has 0 unspecified atom stereocenters. The second-order valence-corrected chi connectivity index (χ2v) is 4.30. The van der Waals surface area contributed by atoms with Crippen molar-refractivity contribution in [2.45, 2.75) is 6.04 Å². The van der Waals surface area contributed by atoms with Crippen LogP contribution in [-0.2, 0) is 7.05 Å². The summed E-state index contributed by atoms with van der Waals surface area (Å²) < 4.78 is 1.58. The van der Waals surface area contributed by atoms with Gasteiger partial charge in [0.2, 0.25) is 0 Å². The van der Waals surface area contributed by atoms with Crippen LogP contribution < -0.4 is 16.8 Å². The van der Waals surface area contributed by atoms with Crippen LogP contribution in [0.2, 0.25) is 0 Å². The lowest BCUT2D eigenvalue weighted by molar-refractivity contribution is 0.102. The van der Waals surface area contributed by atoms with E-state index in [-0.39, 0.29) is 11.9 Å². The van der Waals surface area contributed by atoms with Crippen LogP contribution in [0.15, 0.2) is 36.5 Å². The summed E-state index contributed by atoms with van der Waals surface area (Å²) in [6.45, 7) is 0.359. The number of nitrogens with one attached hydrogen (secondary N) is 1. The van der Waals surface area contributed by atoms with Crippen LogP contribution in [0.5, 0.6) is 0 Å². The molecule has 0 saturated heterocycles. The van der Waals surface area contributed by atoms with Crippen LogP contribution in [0.1, 0.15) is 22.1 Å². The van der Waals surface area contributed by atoms with Crippen molar-refractivity contribution in [2.24, 2.45) is 18.5 Å². The van der Waals surface area contributed by atoms with E-state index in [9.17, 15) is 4.79 Å². The number of nitrogens with two attached hydrogens (primary N) is 2. The van der Waals surface area contributed by atoms with Crippen LogP contribution in [0.4, 0.5) is 5.69 Å². The fourth-order valence-corrected chi connectivity index (χ4v) is 1.71. The third-order valence-electron chi connectivity index (χ3n) is 2.77. The van der Waals surface area contributed by atoms with E-state index in [0.29, 0.717) is 17.9 Å². The van der Waals surface area contributed by atoms with Crippen molar-refractivity contribution < 1.29 is 4.79 Å². The monoisotopic (exact) mass is 259 g/mol. The number of amides is 1. The minimum atomic E-state index is -0.251. The summed E-state index contributed by atoms with van der Waals surface area (Å²) in [5, 5.41) is 6.82. The quantitative estimate of drug-likeness (QED) is 0.750. The highest BCUT2D eigenvalue weighted by Crippen LogP contribution is 2.16. The molecule has 1 amide bonds. The Morgan fingerprint density at radius 1 is 1.47 bits per heavy atom. The first kappa shape index (κ1) is 13.3. The highest BCUT2D eigenvalue weighted by atomic mass is 16.1. The van der Waals surface area contributed by atoms with Gasteiger partial charge in [0.15, 0.2) is 5.69 Å². The number of benzene rings is 1. The van der Waals surface area contributed by atoms with Crippen molar-refractivity contribution in [3.05, 3.63) is 47.8 Å². The van der Waals surface area contributed by atoms with Gasteiger partial charge in [-0.2, -0.15) is 5.10 Å². The molecule has 0 aliphatic carbocycles. The molecular formula is C13H17N5O. The van der Waals surface area contributed by atoms with Crippen LogP contribution >= 0.6 is 0 Å². The number of aromatic nitrogens is 2. The number of rotatable bonds is 4. The first-order valence-corrected chi connectivity index (χ1v) is 5.97. The van der Waals surface area contributed by atoms with Gasteiger partial charge in [0.25, 0.3) is 5.91 Å². The summed E-state index contributed by atoms with van der Waals surface area (Å²) in [6, 6.07) is 8.76. The van der Waals surface area contributed by atoms with Gasteiger partial charge in [-0.05, 0) is 23.8 Å². The van der Waals surface area contributed by atoms with E-state index in [1.807, 2.05) is 18.2 Å². The fraction of sp³-hybridized carbons (Fsp3) is 0.231. The average Bonchev–Trinajstić information content (AvgIpc) is 2.85. The molecular weight excluding hydrogens is 242 g/mol. The number of anilines is 1. The summed E-state index contributed by atoms with van der Waals surface area (Å²) in [7, 11) is 1.76. The standard InChI is InChI=1S/C13H17N5O/c1-18-6-5-12(17-18)13(19)16-10-4-2-3-9(7-10)11(15)8-14/h2-7,11H,8,14-15H2,1H3,(H,16,19)/t11-/m1/s1. The highest BCUT2D eigenvalue weighted by Gasteiger charge is 2.10. The van der Waals surface area contributed by atoms with Gasteiger partial charge in [-0.25, -0.2) is 0 Å². The number of hydrogen-bond donors (Lipinski definition) is 3. The number of carbonyl (C=O) groups is 1. The molecule has 1 aromatic heterocycles. The van der Waals surface area contributed by atoms with Crippen LogP contribution in [-0.4, -0.2) is 22.2 Å². The fourth-order valence-electron chi connectivity index (χ4n) is 1.71. The molecule has 2 rings (SSSR count). The molecule has 0 spiro atoms. The molecule has 1 heterocycles. The predicted octanol–water partition coefficient (Wildman–Crippen LogP) is 0.631. The topological polar surface area (TPSA) is 99.0 Å². The average molecular weight is 259 g/mol. The van der Waals surface area contributed by atoms with E-state index < -0.39 is 0 Å². The maximum Gasteiger partial charge on any atom is 0.276 e. The number of nitrogens with zero attached hydrogens (tertiary/aromatic N) is 2. The molecule has 1 aromatic carbocycles. The molecule has 0 fully saturated rings. The van der Waals surface area contributed by atoms with Crippen molar-refractivity contribution in [2.75, 3.05) is 11.9 Å². The summed E-state index contributed by atoms with van der Waals surface area (Å²) in [5.74, 6) is -0.251. The van der Waals surface area contributed by atoms with Crippen LogP contribution in [0.3, 0.4) is 0 Å². The number of hydrogen-bond acceptors (Lipinski definition) is 4. The summed E-state index contributed by atoms with van der Waals surface area (Å²) in [4.78, 5) is 11.9. The second kappa shape index (κ2) is 5.64.